The Balaban J connectivity index is 1.96. The van der Waals surface area contributed by atoms with Gasteiger partial charge in [0.25, 0.3) is 0 Å². The van der Waals surface area contributed by atoms with E-state index >= 15 is 0 Å². The number of aromatic nitrogens is 1. The molecule has 0 aliphatic carbocycles. The summed E-state index contributed by atoms with van der Waals surface area (Å²) in [4.78, 5) is 1.14. The third-order valence-corrected chi connectivity index (χ3v) is 3.17. The molecule has 2 heterocycles. The molecule has 0 saturated carbocycles. The van der Waals surface area contributed by atoms with Gasteiger partial charge in [0, 0.05) is 11.8 Å². The fourth-order valence-corrected chi connectivity index (χ4v) is 2.21. The summed E-state index contributed by atoms with van der Waals surface area (Å²) in [5.41, 5.74) is 1.14. The van der Waals surface area contributed by atoms with Crippen LogP contribution in [0.3, 0.4) is 0 Å². The molecule has 3 rings (SSSR count). The van der Waals surface area contributed by atoms with E-state index in [1.54, 1.807) is 6.20 Å². The average molecular weight is 215 g/mol. The first kappa shape index (κ1) is 8.68. The molecule has 74 valence electrons. The van der Waals surface area contributed by atoms with Crippen LogP contribution in [0.25, 0.3) is 6.08 Å². The Labute approximate surface area is 92.0 Å². The van der Waals surface area contributed by atoms with Crippen LogP contribution in [-0.2, 0) is 0 Å². The van der Waals surface area contributed by atoms with Gasteiger partial charge in [0.15, 0.2) is 6.10 Å². The molecule has 0 fully saturated rings. The van der Waals surface area contributed by atoms with E-state index in [0.717, 1.165) is 16.2 Å². The second-order valence-corrected chi connectivity index (χ2v) is 4.21. The summed E-state index contributed by atoms with van der Waals surface area (Å²) in [6.45, 7) is 0. The Morgan fingerprint density at radius 3 is 3.00 bits per heavy atom. The normalized spacial score (nSPS) is 18.3. The number of rotatable bonds is 1. The van der Waals surface area contributed by atoms with Gasteiger partial charge >= 0.3 is 0 Å². The van der Waals surface area contributed by atoms with Crippen LogP contribution < -0.4 is 4.74 Å². The highest BCUT2D eigenvalue weighted by Crippen LogP contribution is 2.33. The lowest BCUT2D eigenvalue weighted by atomic mass is 10.1. The van der Waals surface area contributed by atoms with Crippen molar-refractivity contribution in [2.45, 2.75) is 6.10 Å². The van der Waals surface area contributed by atoms with E-state index in [2.05, 4.69) is 22.6 Å². The van der Waals surface area contributed by atoms with Crippen molar-refractivity contribution >= 4 is 17.6 Å². The third-order valence-electron chi connectivity index (χ3n) is 2.36. The summed E-state index contributed by atoms with van der Waals surface area (Å²) < 4.78 is 9.94. The van der Waals surface area contributed by atoms with Crippen LogP contribution in [0.5, 0.6) is 5.75 Å². The zero-order valence-electron chi connectivity index (χ0n) is 7.96. The number of ether oxygens (including phenoxy) is 1. The van der Waals surface area contributed by atoms with Gasteiger partial charge in [-0.05, 0) is 29.7 Å². The lowest BCUT2D eigenvalue weighted by Crippen LogP contribution is -2.06. The van der Waals surface area contributed by atoms with Crippen LogP contribution in [0, 0.1) is 0 Å². The Hall–Kier alpha value is -1.61. The maximum Gasteiger partial charge on any atom is 0.153 e. The first-order valence-corrected chi connectivity index (χ1v) is 5.55. The SMILES string of the molecule is C1=CC(c2ccns2)Oc2ccccc21. The van der Waals surface area contributed by atoms with Gasteiger partial charge in [0.2, 0.25) is 0 Å². The number of nitrogens with zero attached hydrogens (tertiary/aromatic N) is 1. The number of benzene rings is 1. The second kappa shape index (κ2) is 3.51. The minimum absolute atomic E-state index is 0.0207. The summed E-state index contributed by atoms with van der Waals surface area (Å²) >= 11 is 1.48. The van der Waals surface area contributed by atoms with Gasteiger partial charge in [-0.25, -0.2) is 4.37 Å². The Kier molecular flexibility index (Phi) is 2.03. The van der Waals surface area contributed by atoms with Gasteiger partial charge in [0.05, 0.1) is 4.88 Å². The molecule has 2 aromatic rings. The van der Waals surface area contributed by atoms with E-state index in [1.807, 2.05) is 24.3 Å². The maximum absolute atomic E-state index is 5.86. The van der Waals surface area contributed by atoms with Crippen molar-refractivity contribution in [3.63, 3.8) is 0 Å². The molecule has 1 aromatic heterocycles. The molecule has 15 heavy (non-hydrogen) atoms. The third kappa shape index (κ3) is 1.55. The highest BCUT2D eigenvalue weighted by Gasteiger charge is 2.16. The number of para-hydroxylation sites is 1. The maximum atomic E-state index is 5.86. The van der Waals surface area contributed by atoms with E-state index < -0.39 is 0 Å². The van der Waals surface area contributed by atoms with E-state index in [9.17, 15) is 0 Å². The molecule has 1 atom stereocenters. The Morgan fingerprint density at radius 1 is 1.20 bits per heavy atom. The van der Waals surface area contributed by atoms with Crippen LogP contribution in [0.2, 0.25) is 0 Å². The average Bonchev–Trinajstić information content (AvgIpc) is 2.82. The quantitative estimate of drug-likeness (QED) is 0.728. The topological polar surface area (TPSA) is 22.1 Å². The van der Waals surface area contributed by atoms with Crippen molar-refractivity contribution in [3.05, 3.63) is 53.0 Å². The van der Waals surface area contributed by atoms with Crippen LogP contribution in [0.1, 0.15) is 16.5 Å². The minimum Gasteiger partial charge on any atom is -0.480 e. The first-order valence-electron chi connectivity index (χ1n) is 4.78. The molecular formula is C12H9NOS. The van der Waals surface area contributed by atoms with Gasteiger partial charge in [-0.2, -0.15) is 0 Å². The molecule has 2 nitrogen and oxygen atoms in total. The van der Waals surface area contributed by atoms with Crippen molar-refractivity contribution in [1.29, 1.82) is 0 Å². The van der Waals surface area contributed by atoms with Gasteiger partial charge in [0.1, 0.15) is 5.75 Å². The molecular weight excluding hydrogens is 206 g/mol. The van der Waals surface area contributed by atoms with E-state index in [1.165, 1.54) is 11.5 Å². The predicted molar refractivity (Wildman–Crippen MR) is 61.0 cm³/mol. The van der Waals surface area contributed by atoms with Gasteiger partial charge in [-0.15, -0.1) is 0 Å². The molecule has 0 amide bonds. The molecule has 0 spiro atoms. The summed E-state index contributed by atoms with van der Waals surface area (Å²) in [5.74, 6) is 0.943. The highest BCUT2D eigenvalue weighted by molar-refractivity contribution is 7.05. The van der Waals surface area contributed by atoms with Crippen molar-refractivity contribution < 1.29 is 4.74 Å². The monoisotopic (exact) mass is 215 g/mol. The fraction of sp³-hybridized carbons (Fsp3) is 0.0833. The number of fused-ring (bicyclic) bond motifs is 1. The van der Waals surface area contributed by atoms with Crippen LogP contribution >= 0.6 is 11.5 Å². The standard InChI is InChI=1S/C12H9NOS/c1-2-4-10-9(3-1)5-6-11(14-10)12-7-8-13-15-12/h1-8,11H. The molecule has 1 aliphatic heterocycles. The zero-order chi connectivity index (χ0) is 10.1. The molecule has 1 unspecified atom stereocenters. The number of hydrogen-bond acceptors (Lipinski definition) is 3. The smallest absolute Gasteiger partial charge is 0.153 e. The predicted octanol–water partition coefficient (Wildman–Crippen LogP) is 3.29. The van der Waals surface area contributed by atoms with Crippen molar-refractivity contribution in [3.8, 4) is 5.75 Å². The van der Waals surface area contributed by atoms with Crippen LogP contribution in [-0.4, -0.2) is 4.37 Å². The van der Waals surface area contributed by atoms with Crippen LogP contribution in [0.15, 0.2) is 42.6 Å². The van der Waals surface area contributed by atoms with E-state index in [-0.39, 0.29) is 6.10 Å². The Bertz CT molecular complexity index is 490. The Morgan fingerprint density at radius 2 is 2.13 bits per heavy atom. The molecule has 1 aliphatic rings. The molecule has 1 aromatic carbocycles. The van der Waals surface area contributed by atoms with Crippen molar-refractivity contribution in [2.24, 2.45) is 0 Å². The fourth-order valence-electron chi connectivity index (χ4n) is 1.62. The van der Waals surface area contributed by atoms with Crippen LogP contribution in [0.4, 0.5) is 0 Å². The van der Waals surface area contributed by atoms with Gasteiger partial charge < -0.3 is 4.74 Å². The van der Waals surface area contributed by atoms with Crippen molar-refractivity contribution in [2.75, 3.05) is 0 Å². The van der Waals surface area contributed by atoms with Crippen molar-refractivity contribution in [1.82, 2.24) is 4.37 Å². The van der Waals surface area contributed by atoms with Gasteiger partial charge in [-0.1, -0.05) is 24.3 Å². The largest absolute Gasteiger partial charge is 0.480 e. The summed E-state index contributed by atoms with van der Waals surface area (Å²) in [6, 6.07) is 10.0. The zero-order valence-corrected chi connectivity index (χ0v) is 8.78. The lowest BCUT2D eigenvalue weighted by Gasteiger charge is -2.19. The lowest BCUT2D eigenvalue weighted by molar-refractivity contribution is 0.255. The molecule has 0 N–H and O–H groups in total. The summed E-state index contributed by atoms with van der Waals surface area (Å²) in [6.07, 6.45) is 5.99. The molecule has 0 bridgehead atoms. The molecule has 0 radical (unpaired) electrons. The van der Waals surface area contributed by atoms with E-state index in [0.29, 0.717) is 0 Å². The van der Waals surface area contributed by atoms with E-state index in [4.69, 9.17) is 4.74 Å². The number of hydrogen-bond donors (Lipinski definition) is 0. The minimum atomic E-state index is 0.0207. The summed E-state index contributed by atoms with van der Waals surface area (Å²) in [7, 11) is 0. The first-order chi connectivity index (χ1) is 7.43. The summed E-state index contributed by atoms with van der Waals surface area (Å²) in [5, 5.41) is 0. The molecule has 0 saturated heterocycles. The second-order valence-electron chi connectivity index (χ2n) is 3.35. The molecule has 3 heteroatoms. The highest BCUT2D eigenvalue weighted by atomic mass is 32.1. The van der Waals surface area contributed by atoms with Gasteiger partial charge in [-0.3, -0.25) is 0 Å².